The van der Waals surface area contributed by atoms with Crippen LogP contribution in [0.15, 0.2) is 0 Å². The average Bonchev–Trinajstić information content (AvgIpc) is 2.32. The topological polar surface area (TPSA) is 36.5 Å². The fourth-order valence-electron chi connectivity index (χ4n) is 1.78. The van der Waals surface area contributed by atoms with Crippen LogP contribution in [0.5, 0.6) is 0 Å². The van der Waals surface area contributed by atoms with E-state index < -0.39 is 0 Å². The Kier molecular flexibility index (Phi) is 6.92. The summed E-state index contributed by atoms with van der Waals surface area (Å²) in [6.45, 7) is 9.65. The third-order valence-electron chi connectivity index (χ3n) is 2.80. The summed E-state index contributed by atoms with van der Waals surface area (Å²) in [7, 11) is 2.18. The Bertz CT molecular complexity index is 139. The molecule has 2 heterocycles. The number of piperazine rings is 1. The van der Waals surface area contributed by atoms with E-state index in [2.05, 4.69) is 29.5 Å². The van der Waals surface area contributed by atoms with Gasteiger partial charge in [-0.15, -0.1) is 0 Å². The van der Waals surface area contributed by atoms with Crippen molar-refractivity contribution in [3.8, 4) is 0 Å². The second-order valence-electron chi connectivity index (χ2n) is 4.18. The van der Waals surface area contributed by atoms with Crippen LogP contribution in [-0.4, -0.2) is 63.9 Å². The molecular weight excluding hydrogens is 190 g/mol. The van der Waals surface area contributed by atoms with E-state index in [1.165, 1.54) is 19.5 Å². The van der Waals surface area contributed by atoms with Gasteiger partial charge >= 0.3 is 0 Å². The molecule has 4 heteroatoms. The van der Waals surface area contributed by atoms with Gasteiger partial charge < -0.3 is 20.3 Å². The first-order valence-electron chi connectivity index (χ1n) is 6.03. The summed E-state index contributed by atoms with van der Waals surface area (Å²) in [5.74, 6) is 0. The van der Waals surface area contributed by atoms with E-state index in [1.54, 1.807) is 0 Å². The van der Waals surface area contributed by atoms with Gasteiger partial charge in [-0.05, 0) is 13.5 Å². The maximum atomic E-state index is 5.01. The van der Waals surface area contributed by atoms with E-state index >= 15 is 0 Å². The molecule has 0 spiro atoms. The number of morpholine rings is 1. The molecule has 2 aliphatic heterocycles. The molecule has 4 nitrogen and oxygen atoms in total. The summed E-state index contributed by atoms with van der Waals surface area (Å²) >= 11 is 0. The molecule has 0 aliphatic carbocycles. The molecule has 90 valence electrons. The summed E-state index contributed by atoms with van der Waals surface area (Å²) in [4.78, 5) is 2.38. The molecule has 2 rings (SSSR count). The van der Waals surface area contributed by atoms with Gasteiger partial charge in [0, 0.05) is 38.8 Å². The third-order valence-corrected chi connectivity index (χ3v) is 2.80. The van der Waals surface area contributed by atoms with Crippen LogP contribution in [0.2, 0.25) is 0 Å². The molecular formula is C11H25N3O. The van der Waals surface area contributed by atoms with Crippen molar-refractivity contribution in [2.75, 3.05) is 53.0 Å². The Hall–Kier alpha value is -0.160. The van der Waals surface area contributed by atoms with Gasteiger partial charge in [-0.1, -0.05) is 6.92 Å². The summed E-state index contributed by atoms with van der Waals surface area (Å²) in [5, 5.41) is 6.62. The van der Waals surface area contributed by atoms with E-state index in [0.29, 0.717) is 0 Å². The zero-order chi connectivity index (χ0) is 10.9. The molecule has 0 aromatic heterocycles. The van der Waals surface area contributed by atoms with Crippen LogP contribution >= 0.6 is 0 Å². The van der Waals surface area contributed by atoms with Crippen molar-refractivity contribution in [3.05, 3.63) is 0 Å². The van der Waals surface area contributed by atoms with Crippen LogP contribution < -0.4 is 10.6 Å². The van der Waals surface area contributed by atoms with Gasteiger partial charge in [0.15, 0.2) is 0 Å². The lowest BCUT2D eigenvalue weighted by Gasteiger charge is -2.29. The van der Waals surface area contributed by atoms with Gasteiger partial charge in [0.05, 0.1) is 13.2 Å². The minimum Gasteiger partial charge on any atom is -0.379 e. The fraction of sp³-hybridized carbons (Fsp3) is 1.00. The van der Waals surface area contributed by atoms with Gasteiger partial charge in [0.1, 0.15) is 0 Å². The van der Waals surface area contributed by atoms with Gasteiger partial charge in [0.25, 0.3) is 0 Å². The lowest BCUT2D eigenvalue weighted by Crippen LogP contribution is -2.48. The smallest absolute Gasteiger partial charge is 0.0591 e. The first-order chi connectivity index (χ1) is 7.33. The van der Waals surface area contributed by atoms with Crippen LogP contribution in [0.25, 0.3) is 0 Å². The largest absolute Gasteiger partial charge is 0.379 e. The number of rotatable bonds is 1. The van der Waals surface area contributed by atoms with E-state index in [4.69, 9.17) is 4.74 Å². The Morgan fingerprint density at radius 1 is 1.27 bits per heavy atom. The number of ether oxygens (including phenoxy) is 1. The Labute approximate surface area is 93.4 Å². The van der Waals surface area contributed by atoms with Crippen molar-refractivity contribution in [1.82, 2.24) is 15.5 Å². The van der Waals surface area contributed by atoms with Gasteiger partial charge in [-0.3, -0.25) is 0 Å². The SMILES string of the molecule is C1COCCN1.CCC1CN(C)CCN1. The highest BCUT2D eigenvalue weighted by molar-refractivity contribution is 4.74. The Morgan fingerprint density at radius 3 is 2.33 bits per heavy atom. The first-order valence-corrected chi connectivity index (χ1v) is 6.03. The van der Waals surface area contributed by atoms with E-state index in [0.717, 1.165) is 38.9 Å². The summed E-state index contributed by atoms with van der Waals surface area (Å²) in [5.41, 5.74) is 0. The zero-order valence-corrected chi connectivity index (χ0v) is 10.1. The van der Waals surface area contributed by atoms with Gasteiger partial charge in [-0.2, -0.15) is 0 Å². The molecule has 2 saturated heterocycles. The van der Waals surface area contributed by atoms with Crippen molar-refractivity contribution in [1.29, 1.82) is 0 Å². The predicted molar refractivity (Wildman–Crippen MR) is 63.3 cm³/mol. The maximum absolute atomic E-state index is 5.01. The molecule has 2 fully saturated rings. The normalized spacial score (nSPS) is 28.0. The highest BCUT2D eigenvalue weighted by Crippen LogP contribution is 1.98. The molecule has 1 unspecified atom stereocenters. The highest BCUT2D eigenvalue weighted by Gasteiger charge is 2.12. The second kappa shape index (κ2) is 8.05. The Balaban J connectivity index is 0.000000162. The predicted octanol–water partition coefficient (Wildman–Crippen LogP) is -0.0938. The fourth-order valence-corrected chi connectivity index (χ4v) is 1.78. The quantitative estimate of drug-likeness (QED) is 0.641. The molecule has 2 N–H and O–H groups in total. The van der Waals surface area contributed by atoms with Crippen molar-refractivity contribution in [3.63, 3.8) is 0 Å². The number of nitrogens with one attached hydrogen (secondary N) is 2. The van der Waals surface area contributed by atoms with E-state index in [9.17, 15) is 0 Å². The lowest BCUT2D eigenvalue weighted by atomic mass is 10.2. The standard InChI is InChI=1S/C7H16N2.C4H9NO/c1-3-7-6-9(2)5-4-8-7;1-3-6-4-2-5-1/h7-8H,3-6H2,1-2H3;5H,1-4H2. The summed E-state index contributed by atoms with van der Waals surface area (Å²) in [6.07, 6.45) is 1.25. The molecule has 0 bridgehead atoms. The molecule has 0 radical (unpaired) electrons. The average molecular weight is 215 g/mol. The highest BCUT2D eigenvalue weighted by atomic mass is 16.5. The first kappa shape index (κ1) is 12.9. The molecule has 0 aromatic carbocycles. The maximum Gasteiger partial charge on any atom is 0.0591 e. The summed E-state index contributed by atoms with van der Waals surface area (Å²) in [6, 6.07) is 0.740. The van der Waals surface area contributed by atoms with Crippen molar-refractivity contribution in [2.24, 2.45) is 0 Å². The van der Waals surface area contributed by atoms with E-state index in [1.807, 2.05) is 0 Å². The third kappa shape index (κ3) is 6.10. The number of nitrogens with zero attached hydrogens (tertiary/aromatic N) is 1. The van der Waals surface area contributed by atoms with Crippen LogP contribution in [-0.2, 0) is 4.74 Å². The number of likely N-dealkylation sites (N-methyl/N-ethyl adjacent to an activating group) is 1. The van der Waals surface area contributed by atoms with Crippen LogP contribution in [0.1, 0.15) is 13.3 Å². The minimum atomic E-state index is 0.740. The number of hydrogen-bond acceptors (Lipinski definition) is 4. The van der Waals surface area contributed by atoms with Crippen molar-refractivity contribution in [2.45, 2.75) is 19.4 Å². The van der Waals surface area contributed by atoms with Crippen molar-refractivity contribution < 1.29 is 4.74 Å². The monoisotopic (exact) mass is 215 g/mol. The van der Waals surface area contributed by atoms with Crippen LogP contribution in [0.3, 0.4) is 0 Å². The zero-order valence-electron chi connectivity index (χ0n) is 10.1. The lowest BCUT2D eigenvalue weighted by molar-refractivity contribution is 0.109. The van der Waals surface area contributed by atoms with Crippen LogP contribution in [0, 0.1) is 0 Å². The molecule has 0 aromatic rings. The summed E-state index contributed by atoms with van der Waals surface area (Å²) < 4.78 is 5.01. The van der Waals surface area contributed by atoms with Gasteiger partial charge in [-0.25, -0.2) is 0 Å². The van der Waals surface area contributed by atoms with Gasteiger partial charge in [0.2, 0.25) is 0 Å². The minimum absolute atomic E-state index is 0.740. The second-order valence-corrected chi connectivity index (χ2v) is 4.18. The molecule has 0 saturated carbocycles. The molecule has 0 amide bonds. The molecule has 2 aliphatic rings. The molecule has 15 heavy (non-hydrogen) atoms. The number of hydrogen-bond donors (Lipinski definition) is 2. The van der Waals surface area contributed by atoms with E-state index in [-0.39, 0.29) is 0 Å². The van der Waals surface area contributed by atoms with Crippen molar-refractivity contribution >= 4 is 0 Å². The van der Waals surface area contributed by atoms with Crippen LogP contribution in [0.4, 0.5) is 0 Å². The Morgan fingerprint density at radius 2 is 2.00 bits per heavy atom. The molecule has 1 atom stereocenters.